The third kappa shape index (κ3) is 9.60. The summed E-state index contributed by atoms with van der Waals surface area (Å²) in [6, 6.07) is 13.4. The second-order valence-electron chi connectivity index (χ2n) is 8.78. The molecule has 0 spiro atoms. The summed E-state index contributed by atoms with van der Waals surface area (Å²) >= 11 is 0. The van der Waals surface area contributed by atoms with Crippen molar-refractivity contribution in [3.8, 4) is 11.5 Å². The Balaban J connectivity index is 1.16. The maximum Gasteiger partial charge on any atom is 0.573 e. The molecule has 0 unspecified atom stereocenters. The van der Waals surface area contributed by atoms with Crippen molar-refractivity contribution in [2.45, 2.75) is 51.6 Å². The van der Waals surface area contributed by atoms with Crippen LogP contribution in [0.25, 0.3) is 12.2 Å². The number of hydrogen-bond acceptors (Lipinski definition) is 7. The van der Waals surface area contributed by atoms with Crippen LogP contribution >= 0.6 is 0 Å². The first-order chi connectivity index (χ1) is 18.9. The van der Waals surface area contributed by atoms with Gasteiger partial charge in [0.25, 0.3) is 0 Å². The Labute approximate surface area is 223 Å². The average molecular weight is 543 g/mol. The molecule has 0 saturated carbocycles. The number of ether oxygens (including phenoxy) is 2. The van der Waals surface area contributed by atoms with E-state index in [1.165, 1.54) is 36.1 Å². The van der Waals surface area contributed by atoms with Gasteiger partial charge in [-0.3, -0.25) is 0 Å². The normalized spacial score (nSPS) is 11.8. The van der Waals surface area contributed by atoms with Crippen molar-refractivity contribution < 1.29 is 32.2 Å². The molecule has 4 rings (SSSR count). The van der Waals surface area contributed by atoms with Crippen molar-refractivity contribution in [2.24, 2.45) is 0 Å². The third-order valence-electron chi connectivity index (χ3n) is 5.66. The summed E-state index contributed by atoms with van der Waals surface area (Å²) in [5.41, 5.74) is 3.47. The van der Waals surface area contributed by atoms with Gasteiger partial charge in [-0.05, 0) is 73.6 Å². The van der Waals surface area contributed by atoms with Crippen LogP contribution in [-0.4, -0.2) is 38.1 Å². The van der Waals surface area contributed by atoms with Crippen LogP contribution in [0.2, 0.25) is 0 Å². The fraction of sp³-hybridized carbons (Fsp3) is 0.321. The van der Waals surface area contributed by atoms with Crippen LogP contribution in [0.5, 0.6) is 11.5 Å². The van der Waals surface area contributed by atoms with E-state index in [0.29, 0.717) is 30.1 Å². The topological polar surface area (TPSA) is 95.4 Å². The standard InChI is InChI=1S/C28H29F3N4O4/c29-28(30,31)39-26-13-8-22(9-14-26)10-15-27-33-24(20-38-27)19-37-25-11-6-21(7-12-25)4-1-2-5-23-18-32-35(34-23)16-3-17-36/h6-15,18,20,36H,1-5,16-17,19H2/b15-10+. The second-order valence-corrected chi connectivity index (χ2v) is 8.78. The van der Waals surface area contributed by atoms with E-state index in [2.05, 4.69) is 19.9 Å². The van der Waals surface area contributed by atoms with Crippen LogP contribution < -0.4 is 9.47 Å². The summed E-state index contributed by atoms with van der Waals surface area (Å²) in [7, 11) is 0. The minimum Gasteiger partial charge on any atom is -0.487 e. The lowest BCUT2D eigenvalue weighted by Gasteiger charge is -2.08. The molecule has 1 N–H and O–H groups in total. The molecule has 4 aromatic rings. The Kier molecular flexibility index (Phi) is 9.74. The zero-order valence-corrected chi connectivity index (χ0v) is 21.2. The molecule has 0 bridgehead atoms. The van der Waals surface area contributed by atoms with E-state index in [1.807, 2.05) is 24.3 Å². The smallest absolute Gasteiger partial charge is 0.487 e. The Morgan fingerprint density at radius 2 is 1.64 bits per heavy atom. The maximum absolute atomic E-state index is 12.3. The van der Waals surface area contributed by atoms with Gasteiger partial charge in [-0.25, -0.2) is 4.98 Å². The fourth-order valence-electron chi connectivity index (χ4n) is 3.73. The molecule has 8 nitrogen and oxygen atoms in total. The molecule has 0 radical (unpaired) electrons. The van der Waals surface area contributed by atoms with Gasteiger partial charge in [0.05, 0.1) is 18.4 Å². The number of nitrogens with zero attached hydrogens (tertiary/aromatic N) is 4. The SMILES string of the molecule is OCCCn1ncc(CCCCc2ccc(OCc3coc(/C=C/c4ccc(OC(F)(F)F)cc4)n3)cc2)n1. The van der Waals surface area contributed by atoms with Crippen LogP contribution in [0.15, 0.2) is 65.4 Å². The highest BCUT2D eigenvalue weighted by Crippen LogP contribution is 2.23. The maximum atomic E-state index is 12.3. The lowest BCUT2D eigenvalue weighted by Crippen LogP contribution is -2.16. The van der Waals surface area contributed by atoms with Crippen LogP contribution in [0.3, 0.4) is 0 Å². The van der Waals surface area contributed by atoms with E-state index in [9.17, 15) is 13.2 Å². The fourth-order valence-corrected chi connectivity index (χ4v) is 3.73. The number of rotatable bonds is 14. The largest absolute Gasteiger partial charge is 0.573 e. The van der Waals surface area contributed by atoms with E-state index in [-0.39, 0.29) is 19.0 Å². The lowest BCUT2D eigenvalue weighted by molar-refractivity contribution is -0.274. The van der Waals surface area contributed by atoms with Gasteiger partial charge in [-0.15, -0.1) is 13.2 Å². The van der Waals surface area contributed by atoms with Crippen molar-refractivity contribution in [1.29, 1.82) is 0 Å². The Morgan fingerprint density at radius 3 is 2.38 bits per heavy atom. The molecule has 0 saturated heterocycles. The van der Waals surface area contributed by atoms with Gasteiger partial charge < -0.3 is 19.0 Å². The molecule has 0 fully saturated rings. The van der Waals surface area contributed by atoms with Gasteiger partial charge in [0.2, 0.25) is 5.89 Å². The van der Waals surface area contributed by atoms with Gasteiger partial charge >= 0.3 is 6.36 Å². The number of aryl methyl sites for hydroxylation is 3. The zero-order valence-electron chi connectivity index (χ0n) is 21.2. The molecule has 206 valence electrons. The summed E-state index contributed by atoms with van der Waals surface area (Å²) in [5.74, 6) is 0.795. The number of aliphatic hydroxyl groups excluding tert-OH is 1. The molecule has 0 aliphatic carbocycles. The van der Waals surface area contributed by atoms with E-state index in [1.54, 1.807) is 23.1 Å². The van der Waals surface area contributed by atoms with Crippen LogP contribution in [0, 0.1) is 0 Å². The second kappa shape index (κ2) is 13.6. The summed E-state index contributed by atoms with van der Waals surface area (Å²) in [6.45, 7) is 0.999. The number of oxazole rings is 1. The first-order valence-corrected chi connectivity index (χ1v) is 12.6. The van der Waals surface area contributed by atoms with Crippen molar-refractivity contribution in [3.63, 3.8) is 0 Å². The van der Waals surface area contributed by atoms with Crippen LogP contribution in [0.1, 0.15) is 47.7 Å². The van der Waals surface area contributed by atoms with Gasteiger partial charge in [0.15, 0.2) is 0 Å². The number of aliphatic hydroxyl groups is 1. The van der Waals surface area contributed by atoms with Crippen molar-refractivity contribution in [1.82, 2.24) is 20.0 Å². The Bertz CT molecular complexity index is 1320. The summed E-state index contributed by atoms with van der Waals surface area (Å²) in [5, 5.41) is 17.5. The third-order valence-corrected chi connectivity index (χ3v) is 5.66. The molecule has 2 aromatic heterocycles. The predicted octanol–water partition coefficient (Wildman–Crippen LogP) is 5.86. The first kappa shape index (κ1) is 27.9. The monoisotopic (exact) mass is 542 g/mol. The zero-order chi connectivity index (χ0) is 27.5. The molecule has 2 heterocycles. The molecular formula is C28H29F3N4O4. The number of aromatic nitrogens is 4. The predicted molar refractivity (Wildman–Crippen MR) is 138 cm³/mol. The lowest BCUT2D eigenvalue weighted by atomic mass is 10.1. The van der Waals surface area contributed by atoms with Gasteiger partial charge in [0, 0.05) is 12.7 Å². The molecule has 39 heavy (non-hydrogen) atoms. The average Bonchev–Trinajstić information content (AvgIpc) is 3.57. The van der Waals surface area contributed by atoms with E-state index >= 15 is 0 Å². The summed E-state index contributed by atoms with van der Waals surface area (Å²) in [6.07, 6.45) is 6.39. The molecule has 0 atom stereocenters. The number of unbranched alkanes of at least 4 members (excludes halogenated alkanes) is 1. The quantitative estimate of drug-likeness (QED) is 0.199. The highest BCUT2D eigenvalue weighted by molar-refractivity contribution is 5.66. The minimum absolute atomic E-state index is 0.134. The van der Waals surface area contributed by atoms with E-state index < -0.39 is 6.36 Å². The Morgan fingerprint density at radius 1 is 0.897 bits per heavy atom. The molecule has 0 aliphatic heterocycles. The first-order valence-electron chi connectivity index (χ1n) is 12.6. The van der Waals surface area contributed by atoms with Crippen LogP contribution in [-0.2, 0) is 26.0 Å². The molecule has 2 aromatic carbocycles. The number of benzene rings is 2. The van der Waals surface area contributed by atoms with Crippen molar-refractivity contribution in [2.75, 3.05) is 6.61 Å². The highest BCUT2D eigenvalue weighted by atomic mass is 19.4. The highest BCUT2D eigenvalue weighted by Gasteiger charge is 2.30. The van der Waals surface area contributed by atoms with Gasteiger partial charge in [0.1, 0.15) is 30.1 Å². The van der Waals surface area contributed by atoms with Crippen molar-refractivity contribution in [3.05, 3.63) is 89.4 Å². The summed E-state index contributed by atoms with van der Waals surface area (Å²) < 4.78 is 51.9. The Hall–Kier alpha value is -4.12. The molecule has 0 aliphatic rings. The van der Waals surface area contributed by atoms with Crippen molar-refractivity contribution >= 4 is 12.2 Å². The molecule has 0 amide bonds. The van der Waals surface area contributed by atoms with E-state index in [0.717, 1.165) is 37.1 Å². The minimum atomic E-state index is -4.72. The number of alkyl halides is 3. The number of hydrogen-bond donors (Lipinski definition) is 1. The van der Waals surface area contributed by atoms with Gasteiger partial charge in [-0.2, -0.15) is 15.0 Å². The molecule has 11 heteroatoms. The van der Waals surface area contributed by atoms with Gasteiger partial charge in [-0.1, -0.05) is 24.3 Å². The summed E-state index contributed by atoms with van der Waals surface area (Å²) in [4.78, 5) is 5.97. The molecular weight excluding hydrogens is 513 g/mol. The van der Waals surface area contributed by atoms with Crippen LogP contribution in [0.4, 0.5) is 13.2 Å². The number of halogens is 3. The van der Waals surface area contributed by atoms with E-state index in [4.69, 9.17) is 14.3 Å².